The van der Waals surface area contributed by atoms with E-state index in [9.17, 15) is 4.79 Å². The van der Waals surface area contributed by atoms with Crippen LogP contribution in [-0.2, 0) is 19.5 Å². The van der Waals surface area contributed by atoms with Gasteiger partial charge in [0.2, 0.25) is 0 Å². The summed E-state index contributed by atoms with van der Waals surface area (Å²) < 4.78 is 0. The highest BCUT2D eigenvalue weighted by atomic mass is 32.1. The van der Waals surface area contributed by atoms with Crippen LogP contribution in [0.1, 0.15) is 50.7 Å². The summed E-state index contributed by atoms with van der Waals surface area (Å²) in [6, 6.07) is 7.07. The van der Waals surface area contributed by atoms with Gasteiger partial charge in [-0.1, -0.05) is 18.9 Å². The maximum Gasteiger partial charge on any atom is 0.261 e. The molecule has 1 fully saturated rings. The zero-order valence-corrected chi connectivity index (χ0v) is 14.8. The lowest BCUT2D eigenvalue weighted by atomic mass is 10.2. The molecule has 3 nitrogen and oxygen atoms in total. The van der Waals surface area contributed by atoms with Crippen LogP contribution in [-0.4, -0.2) is 23.4 Å². The van der Waals surface area contributed by atoms with Gasteiger partial charge in [0.25, 0.3) is 5.91 Å². The molecule has 1 N–H and O–H groups in total. The fourth-order valence-corrected chi connectivity index (χ4v) is 5.50. The van der Waals surface area contributed by atoms with Gasteiger partial charge in [-0.2, -0.15) is 0 Å². The third kappa shape index (κ3) is 3.37. The zero-order chi connectivity index (χ0) is 15.6. The molecule has 0 unspecified atom stereocenters. The van der Waals surface area contributed by atoms with Crippen LogP contribution in [0.5, 0.6) is 0 Å². The van der Waals surface area contributed by atoms with Crippen molar-refractivity contribution in [3.63, 3.8) is 0 Å². The predicted molar refractivity (Wildman–Crippen MR) is 96.2 cm³/mol. The summed E-state index contributed by atoms with van der Waals surface area (Å²) in [5.41, 5.74) is 1.38. The van der Waals surface area contributed by atoms with E-state index in [0.29, 0.717) is 0 Å². The highest BCUT2D eigenvalue weighted by Gasteiger charge is 2.30. The topological polar surface area (TPSA) is 32.3 Å². The largest absolute Gasteiger partial charge is 0.351 e. The summed E-state index contributed by atoms with van der Waals surface area (Å²) >= 11 is 3.44. The number of amides is 1. The molecule has 0 bridgehead atoms. The molecule has 0 spiro atoms. The van der Waals surface area contributed by atoms with Crippen LogP contribution in [0.2, 0.25) is 0 Å². The van der Waals surface area contributed by atoms with Crippen molar-refractivity contribution in [2.45, 2.75) is 51.2 Å². The Bertz CT molecular complexity index is 648. The van der Waals surface area contributed by atoms with E-state index in [4.69, 9.17) is 0 Å². The van der Waals surface area contributed by atoms with Crippen molar-refractivity contribution < 1.29 is 4.79 Å². The number of thiophene rings is 2. The maximum absolute atomic E-state index is 12.3. The molecule has 5 heteroatoms. The van der Waals surface area contributed by atoms with Crippen LogP contribution < -0.4 is 5.32 Å². The van der Waals surface area contributed by atoms with Crippen molar-refractivity contribution >= 4 is 28.6 Å². The average Bonchev–Trinajstić information content (AvgIpc) is 3.29. The molecule has 0 atom stereocenters. The molecule has 1 aliphatic heterocycles. The lowest BCUT2D eigenvalue weighted by molar-refractivity contribution is 0.0958. The van der Waals surface area contributed by atoms with E-state index in [-0.39, 0.29) is 5.91 Å². The second-order valence-corrected chi connectivity index (χ2v) is 8.66. The fourth-order valence-electron chi connectivity index (χ4n) is 3.67. The lowest BCUT2D eigenvalue weighted by Gasteiger charge is -2.22. The van der Waals surface area contributed by atoms with Crippen molar-refractivity contribution in [2.75, 3.05) is 6.54 Å². The molecule has 23 heavy (non-hydrogen) atoms. The molecule has 1 amide bonds. The van der Waals surface area contributed by atoms with Gasteiger partial charge in [-0.25, -0.2) is 0 Å². The second kappa shape index (κ2) is 6.75. The van der Waals surface area contributed by atoms with E-state index >= 15 is 0 Å². The van der Waals surface area contributed by atoms with Gasteiger partial charge in [-0.15, -0.1) is 22.7 Å². The number of fused-ring (bicyclic) bond motifs is 1. The van der Waals surface area contributed by atoms with Crippen LogP contribution in [0.25, 0.3) is 0 Å². The van der Waals surface area contributed by atoms with Gasteiger partial charge < -0.3 is 5.32 Å². The molecule has 1 saturated carbocycles. The molecule has 0 aromatic carbocycles. The van der Waals surface area contributed by atoms with Crippen molar-refractivity contribution in [1.29, 1.82) is 0 Å². The number of hydrogen-bond acceptors (Lipinski definition) is 4. The summed E-state index contributed by atoms with van der Waals surface area (Å²) in [6.07, 6.45) is 6.39. The molecule has 2 aromatic rings. The van der Waals surface area contributed by atoms with Crippen LogP contribution in [0.15, 0.2) is 23.6 Å². The first-order valence-electron chi connectivity index (χ1n) is 8.46. The van der Waals surface area contributed by atoms with E-state index in [2.05, 4.69) is 33.8 Å². The second-order valence-electron chi connectivity index (χ2n) is 6.49. The van der Waals surface area contributed by atoms with Gasteiger partial charge in [0.05, 0.1) is 4.88 Å². The third-order valence-corrected chi connectivity index (χ3v) is 7.02. The monoisotopic (exact) mass is 346 g/mol. The number of nitrogens with zero attached hydrogens (tertiary/aromatic N) is 1. The highest BCUT2D eigenvalue weighted by Crippen LogP contribution is 2.35. The van der Waals surface area contributed by atoms with Gasteiger partial charge in [-0.05, 0) is 42.3 Å². The highest BCUT2D eigenvalue weighted by molar-refractivity contribution is 7.14. The predicted octanol–water partition coefficient (Wildman–Crippen LogP) is 4.04. The molecular formula is C18H22N2OS2. The van der Waals surface area contributed by atoms with Gasteiger partial charge in [0, 0.05) is 35.4 Å². The quantitative estimate of drug-likeness (QED) is 0.886. The molecule has 1 aliphatic carbocycles. The van der Waals surface area contributed by atoms with Crippen molar-refractivity contribution in [3.8, 4) is 0 Å². The molecule has 122 valence electrons. The van der Waals surface area contributed by atoms with Crippen LogP contribution >= 0.6 is 22.7 Å². The molecule has 0 radical (unpaired) electrons. The third-order valence-electron chi connectivity index (χ3n) is 4.92. The first-order chi connectivity index (χ1) is 11.3. The van der Waals surface area contributed by atoms with E-state index in [1.165, 1.54) is 41.0 Å². The lowest BCUT2D eigenvalue weighted by Crippen LogP contribution is -2.28. The Balaban J connectivity index is 1.31. The Labute approximate surface area is 145 Å². The summed E-state index contributed by atoms with van der Waals surface area (Å²) in [6.45, 7) is 2.81. The molecule has 3 heterocycles. The van der Waals surface area contributed by atoms with Crippen molar-refractivity contribution in [2.24, 2.45) is 0 Å². The smallest absolute Gasteiger partial charge is 0.261 e. The van der Waals surface area contributed by atoms with E-state index in [1.54, 1.807) is 22.7 Å². The van der Waals surface area contributed by atoms with Gasteiger partial charge in [-0.3, -0.25) is 9.69 Å². The minimum absolute atomic E-state index is 0.0911. The normalized spacial score (nSPS) is 18.4. The molecule has 0 saturated heterocycles. The number of carbonyl (C=O) groups is 1. The van der Waals surface area contributed by atoms with E-state index in [1.807, 2.05) is 0 Å². The van der Waals surface area contributed by atoms with Gasteiger partial charge >= 0.3 is 0 Å². The minimum Gasteiger partial charge on any atom is -0.351 e. The van der Waals surface area contributed by atoms with Crippen molar-refractivity contribution in [1.82, 2.24) is 10.2 Å². The van der Waals surface area contributed by atoms with Gasteiger partial charge in [0.1, 0.15) is 0 Å². The Morgan fingerprint density at radius 1 is 1.30 bits per heavy atom. The summed E-state index contributed by atoms with van der Waals surface area (Å²) in [7, 11) is 0. The Morgan fingerprint density at radius 3 is 2.91 bits per heavy atom. The molecule has 2 aliphatic rings. The van der Waals surface area contributed by atoms with E-state index < -0.39 is 0 Å². The standard InChI is InChI=1S/C18H22N2OS2/c21-18(19-8-7-15-6-3-9-22-15)16-10-13-11-20(12-17(13)23-16)14-4-1-2-5-14/h3,6,9-10,14H,1-2,4-5,7-8,11-12H2,(H,19,21). The van der Waals surface area contributed by atoms with Gasteiger partial charge in [0.15, 0.2) is 0 Å². The Kier molecular flexibility index (Phi) is 4.51. The molecule has 4 rings (SSSR count). The Hall–Kier alpha value is -1.17. The summed E-state index contributed by atoms with van der Waals surface area (Å²) in [5, 5.41) is 5.14. The Morgan fingerprint density at radius 2 is 2.17 bits per heavy atom. The summed E-state index contributed by atoms with van der Waals surface area (Å²) in [5.74, 6) is 0.0911. The van der Waals surface area contributed by atoms with Crippen LogP contribution in [0.4, 0.5) is 0 Å². The first kappa shape index (κ1) is 15.4. The fraction of sp³-hybridized carbons (Fsp3) is 0.500. The van der Waals surface area contributed by atoms with Crippen LogP contribution in [0.3, 0.4) is 0 Å². The average molecular weight is 347 g/mol. The zero-order valence-electron chi connectivity index (χ0n) is 13.2. The number of carbonyl (C=O) groups excluding carboxylic acids is 1. The number of hydrogen-bond donors (Lipinski definition) is 1. The number of nitrogens with one attached hydrogen (secondary N) is 1. The molecule has 2 aromatic heterocycles. The molecular weight excluding hydrogens is 324 g/mol. The maximum atomic E-state index is 12.3. The van der Waals surface area contributed by atoms with Crippen molar-refractivity contribution in [3.05, 3.63) is 43.8 Å². The minimum atomic E-state index is 0.0911. The first-order valence-corrected chi connectivity index (χ1v) is 10.2. The summed E-state index contributed by atoms with van der Waals surface area (Å²) in [4.78, 5) is 18.5. The SMILES string of the molecule is O=C(NCCc1cccs1)c1cc2c(s1)CN(C1CCCC1)C2. The van der Waals surface area contributed by atoms with Crippen LogP contribution in [0, 0.1) is 0 Å². The number of rotatable bonds is 5. The van der Waals surface area contributed by atoms with E-state index in [0.717, 1.165) is 37.0 Å².